The van der Waals surface area contributed by atoms with Gasteiger partial charge in [-0.1, -0.05) is 42.5 Å². The monoisotopic (exact) mass is 320 g/mol. The van der Waals surface area contributed by atoms with Gasteiger partial charge in [0.15, 0.2) is 0 Å². The fourth-order valence-electron chi connectivity index (χ4n) is 4.20. The van der Waals surface area contributed by atoms with E-state index >= 15 is 0 Å². The quantitative estimate of drug-likeness (QED) is 0.809. The number of benzene rings is 2. The van der Waals surface area contributed by atoms with Gasteiger partial charge >= 0.3 is 0 Å². The van der Waals surface area contributed by atoms with E-state index in [2.05, 4.69) is 35.0 Å². The predicted octanol–water partition coefficient (Wildman–Crippen LogP) is 3.08. The fraction of sp³-hybridized carbons (Fsp3) is 0.381. The van der Waals surface area contributed by atoms with E-state index in [4.69, 9.17) is 0 Å². The van der Waals surface area contributed by atoms with Crippen molar-refractivity contribution in [1.82, 2.24) is 4.90 Å². The van der Waals surface area contributed by atoms with Crippen molar-refractivity contribution in [3.8, 4) is 0 Å². The van der Waals surface area contributed by atoms with Gasteiger partial charge < -0.3 is 14.6 Å². The van der Waals surface area contributed by atoms with E-state index in [9.17, 15) is 4.79 Å². The summed E-state index contributed by atoms with van der Waals surface area (Å²) in [6.07, 6.45) is 3.40. The first-order chi connectivity index (χ1) is 11.8. The standard InChI is InChI=1S/C21H24N2O/c1-22-11-10-19(14-22)23-12-9-18-13-17(7-8-21(18)23)20(15-24)16-5-3-2-4-6-16/h2-8,13,15,19-20H,9-12,14H2,1H3. The molecular formula is C21H24N2O. The molecule has 2 aromatic carbocycles. The highest BCUT2D eigenvalue weighted by Gasteiger charge is 2.30. The van der Waals surface area contributed by atoms with E-state index in [-0.39, 0.29) is 5.92 Å². The lowest BCUT2D eigenvalue weighted by Crippen LogP contribution is -2.35. The van der Waals surface area contributed by atoms with Crippen LogP contribution in [-0.4, -0.2) is 43.9 Å². The minimum atomic E-state index is -0.164. The van der Waals surface area contributed by atoms with Crippen LogP contribution in [0, 0.1) is 0 Å². The molecule has 0 bridgehead atoms. The predicted molar refractivity (Wildman–Crippen MR) is 97.7 cm³/mol. The van der Waals surface area contributed by atoms with Gasteiger partial charge in [-0.2, -0.15) is 0 Å². The number of carbonyl (C=O) groups is 1. The van der Waals surface area contributed by atoms with E-state index in [0.29, 0.717) is 6.04 Å². The Morgan fingerprint density at radius 1 is 1.08 bits per heavy atom. The molecule has 3 nitrogen and oxygen atoms in total. The third kappa shape index (κ3) is 2.73. The summed E-state index contributed by atoms with van der Waals surface area (Å²) in [5, 5.41) is 0. The summed E-state index contributed by atoms with van der Waals surface area (Å²) in [5.41, 5.74) is 4.95. The molecule has 124 valence electrons. The maximum Gasteiger partial charge on any atom is 0.131 e. The Labute approximate surface area is 143 Å². The number of likely N-dealkylation sites (N-methyl/N-ethyl adjacent to an activating group) is 1. The van der Waals surface area contributed by atoms with Gasteiger partial charge in [-0.15, -0.1) is 0 Å². The summed E-state index contributed by atoms with van der Waals surface area (Å²) >= 11 is 0. The molecule has 4 rings (SSSR count). The average Bonchev–Trinajstić information content (AvgIpc) is 3.22. The Kier molecular flexibility index (Phi) is 4.11. The molecule has 0 radical (unpaired) electrons. The van der Waals surface area contributed by atoms with E-state index in [1.54, 1.807) is 0 Å². The second-order valence-corrected chi connectivity index (χ2v) is 7.06. The number of carbonyl (C=O) groups excluding carboxylic acids is 1. The Morgan fingerprint density at radius 3 is 2.62 bits per heavy atom. The molecular weight excluding hydrogens is 296 g/mol. The molecule has 0 amide bonds. The zero-order chi connectivity index (χ0) is 16.5. The van der Waals surface area contributed by atoms with Crippen molar-refractivity contribution in [3.05, 3.63) is 65.2 Å². The Hall–Kier alpha value is -2.13. The maximum atomic E-state index is 11.7. The lowest BCUT2D eigenvalue weighted by Gasteiger charge is -2.27. The van der Waals surface area contributed by atoms with Gasteiger partial charge in [0.25, 0.3) is 0 Å². The molecule has 2 unspecified atom stereocenters. The summed E-state index contributed by atoms with van der Waals surface area (Å²) in [6, 6.07) is 17.3. The van der Waals surface area contributed by atoms with Crippen molar-refractivity contribution in [2.75, 3.05) is 31.6 Å². The minimum Gasteiger partial charge on any atom is -0.367 e. The molecule has 2 heterocycles. The normalized spacial score (nSPS) is 21.7. The molecule has 24 heavy (non-hydrogen) atoms. The van der Waals surface area contributed by atoms with Crippen LogP contribution in [0.3, 0.4) is 0 Å². The van der Waals surface area contributed by atoms with Crippen LogP contribution in [0.25, 0.3) is 0 Å². The Morgan fingerprint density at radius 2 is 1.92 bits per heavy atom. The number of anilines is 1. The largest absolute Gasteiger partial charge is 0.367 e. The highest BCUT2D eigenvalue weighted by Crippen LogP contribution is 2.35. The molecule has 2 aliphatic heterocycles. The third-order valence-electron chi connectivity index (χ3n) is 5.50. The fourth-order valence-corrected chi connectivity index (χ4v) is 4.20. The second kappa shape index (κ2) is 6.40. The van der Waals surface area contributed by atoms with Gasteiger partial charge in [-0.05, 0) is 49.2 Å². The summed E-state index contributed by atoms with van der Waals surface area (Å²) in [6.45, 7) is 3.45. The van der Waals surface area contributed by atoms with Crippen LogP contribution in [0.4, 0.5) is 5.69 Å². The molecule has 2 aromatic rings. The van der Waals surface area contributed by atoms with Crippen molar-refractivity contribution < 1.29 is 4.79 Å². The number of aldehydes is 1. The number of fused-ring (bicyclic) bond motifs is 1. The summed E-state index contributed by atoms with van der Waals surface area (Å²) in [4.78, 5) is 16.7. The molecule has 1 fully saturated rings. The van der Waals surface area contributed by atoms with Crippen LogP contribution in [0.5, 0.6) is 0 Å². The lowest BCUT2D eigenvalue weighted by molar-refractivity contribution is -0.108. The lowest BCUT2D eigenvalue weighted by atomic mass is 9.91. The molecule has 0 aromatic heterocycles. The zero-order valence-electron chi connectivity index (χ0n) is 14.2. The summed E-state index contributed by atoms with van der Waals surface area (Å²) in [5.74, 6) is -0.164. The number of rotatable bonds is 4. The van der Waals surface area contributed by atoms with Crippen molar-refractivity contribution >= 4 is 12.0 Å². The van der Waals surface area contributed by atoms with Crippen LogP contribution in [0.15, 0.2) is 48.5 Å². The van der Waals surface area contributed by atoms with Crippen molar-refractivity contribution in [2.45, 2.75) is 24.8 Å². The molecule has 2 aliphatic rings. The third-order valence-corrected chi connectivity index (χ3v) is 5.50. The van der Waals surface area contributed by atoms with Crippen LogP contribution < -0.4 is 4.90 Å². The maximum absolute atomic E-state index is 11.7. The van der Waals surface area contributed by atoms with E-state index < -0.39 is 0 Å². The minimum absolute atomic E-state index is 0.164. The van der Waals surface area contributed by atoms with Gasteiger partial charge in [-0.25, -0.2) is 0 Å². The number of nitrogens with zero attached hydrogens (tertiary/aromatic N) is 2. The van der Waals surface area contributed by atoms with Gasteiger partial charge in [0.1, 0.15) is 6.29 Å². The SMILES string of the molecule is CN1CCC(N2CCc3cc(C(C=O)c4ccccc4)ccc32)C1. The molecule has 0 spiro atoms. The van der Waals surface area contributed by atoms with Crippen LogP contribution in [0.2, 0.25) is 0 Å². The molecule has 0 aliphatic carbocycles. The molecule has 1 saturated heterocycles. The highest BCUT2D eigenvalue weighted by molar-refractivity contribution is 5.70. The Bertz CT molecular complexity index is 728. The molecule has 2 atom stereocenters. The summed E-state index contributed by atoms with van der Waals surface area (Å²) in [7, 11) is 2.20. The van der Waals surface area contributed by atoms with Crippen LogP contribution >= 0.6 is 0 Å². The second-order valence-electron chi connectivity index (χ2n) is 7.06. The first-order valence-electron chi connectivity index (χ1n) is 8.84. The molecule has 3 heteroatoms. The zero-order valence-corrected chi connectivity index (χ0v) is 14.2. The van der Waals surface area contributed by atoms with Crippen LogP contribution in [-0.2, 0) is 11.2 Å². The van der Waals surface area contributed by atoms with Crippen molar-refractivity contribution in [3.63, 3.8) is 0 Å². The number of hydrogen-bond acceptors (Lipinski definition) is 3. The number of likely N-dealkylation sites (tertiary alicyclic amines) is 1. The average molecular weight is 320 g/mol. The summed E-state index contributed by atoms with van der Waals surface area (Å²) < 4.78 is 0. The van der Waals surface area contributed by atoms with Gasteiger partial charge in [0.05, 0.1) is 5.92 Å². The van der Waals surface area contributed by atoms with Crippen LogP contribution in [0.1, 0.15) is 29.0 Å². The van der Waals surface area contributed by atoms with Gasteiger partial charge in [0, 0.05) is 24.8 Å². The Balaban J connectivity index is 1.61. The van der Waals surface area contributed by atoms with E-state index in [1.807, 2.05) is 30.3 Å². The molecule has 0 N–H and O–H groups in total. The number of hydrogen-bond donors (Lipinski definition) is 0. The smallest absolute Gasteiger partial charge is 0.131 e. The first kappa shape index (κ1) is 15.4. The first-order valence-corrected chi connectivity index (χ1v) is 8.84. The van der Waals surface area contributed by atoms with Crippen molar-refractivity contribution in [1.29, 1.82) is 0 Å². The van der Waals surface area contributed by atoms with E-state index in [0.717, 1.165) is 36.9 Å². The van der Waals surface area contributed by atoms with Gasteiger partial charge in [-0.3, -0.25) is 0 Å². The van der Waals surface area contributed by atoms with E-state index in [1.165, 1.54) is 24.2 Å². The topological polar surface area (TPSA) is 23.6 Å². The van der Waals surface area contributed by atoms with Gasteiger partial charge in [0.2, 0.25) is 0 Å². The molecule has 0 saturated carbocycles. The van der Waals surface area contributed by atoms with Crippen molar-refractivity contribution in [2.24, 2.45) is 0 Å². The highest BCUT2D eigenvalue weighted by atomic mass is 16.1.